The van der Waals surface area contributed by atoms with E-state index >= 15 is 0 Å². The van der Waals surface area contributed by atoms with Crippen molar-refractivity contribution in [1.82, 2.24) is 0 Å². The van der Waals surface area contributed by atoms with E-state index in [1.54, 1.807) is 0 Å². The Morgan fingerprint density at radius 2 is 1.00 bits per heavy atom. The summed E-state index contributed by atoms with van der Waals surface area (Å²) >= 11 is 0. The molecule has 0 heterocycles. The van der Waals surface area contributed by atoms with Gasteiger partial charge >= 0.3 is 119 Å². The van der Waals surface area contributed by atoms with Gasteiger partial charge in [0.15, 0.2) is 0 Å². The molecule has 0 aliphatic heterocycles. The van der Waals surface area contributed by atoms with Crippen molar-refractivity contribution < 1.29 is 17.1 Å². The Balaban J connectivity index is 0. The fourth-order valence-electron chi connectivity index (χ4n) is 0. The summed E-state index contributed by atoms with van der Waals surface area (Å²) in [6.07, 6.45) is 0. The Morgan fingerprint density at radius 3 is 1.00 bits per heavy atom. The van der Waals surface area contributed by atoms with Crippen LogP contribution in [0, 0.1) is 0 Å². The molecule has 0 atom stereocenters. The molecular weight excluding hydrogens is 157 g/mol. The molecule has 0 amide bonds. The molecule has 15 valence electrons. The maximum absolute atomic E-state index is 0. The summed E-state index contributed by atoms with van der Waals surface area (Å²) in [5, 5.41) is 0. The standard InChI is InChI=1S/Ca.K.Mn.Na.4H. The Bertz CT molecular complexity index is 8.00. The van der Waals surface area contributed by atoms with Gasteiger partial charge in [-0.2, -0.15) is 0 Å². The summed E-state index contributed by atoms with van der Waals surface area (Å²) in [7, 11) is 0. The first-order valence-corrected chi connectivity index (χ1v) is 0. The van der Waals surface area contributed by atoms with Crippen LogP contribution in [0.5, 0.6) is 0 Å². The summed E-state index contributed by atoms with van der Waals surface area (Å²) in [5.41, 5.74) is 0. The first kappa shape index (κ1) is 23.7. The second-order valence-electron chi connectivity index (χ2n) is 0. The van der Waals surface area contributed by atoms with Crippen LogP contribution in [0.4, 0.5) is 0 Å². The van der Waals surface area contributed by atoms with Crippen molar-refractivity contribution in [3.8, 4) is 0 Å². The average Bonchev–Trinajstić information content (AvgIpc) is 0. The van der Waals surface area contributed by atoms with Gasteiger partial charge in [0.25, 0.3) is 0 Å². The van der Waals surface area contributed by atoms with Crippen LogP contribution >= 0.6 is 0 Å². The van der Waals surface area contributed by atoms with E-state index in [1.165, 1.54) is 0 Å². The summed E-state index contributed by atoms with van der Waals surface area (Å²) in [6.45, 7) is 0. The van der Waals surface area contributed by atoms with Gasteiger partial charge in [0.05, 0.1) is 0 Å². The van der Waals surface area contributed by atoms with Crippen molar-refractivity contribution in [3.63, 3.8) is 0 Å². The van der Waals surface area contributed by atoms with Crippen molar-refractivity contribution in [3.05, 3.63) is 0 Å². The number of hydrogen-bond acceptors (Lipinski definition) is 0. The van der Waals surface area contributed by atoms with Gasteiger partial charge in [0.2, 0.25) is 0 Å². The molecule has 0 saturated heterocycles. The van der Waals surface area contributed by atoms with Crippen molar-refractivity contribution in [2.24, 2.45) is 0 Å². The summed E-state index contributed by atoms with van der Waals surface area (Å²) in [6, 6.07) is 0. The number of rotatable bonds is 0. The molecule has 0 aliphatic rings. The van der Waals surface area contributed by atoms with Gasteiger partial charge in [-0.05, 0) is 0 Å². The third kappa shape index (κ3) is 9.65. The Hall–Kier alpha value is 4.42. The first-order valence-electron chi connectivity index (χ1n) is 0. The van der Waals surface area contributed by atoms with Crippen LogP contribution < -0.4 is 0 Å². The van der Waals surface area contributed by atoms with Crippen molar-refractivity contribution in [1.29, 1.82) is 0 Å². The zero-order chi connectivity index (χ0) is 0. The number of hydrogen-bond donors (Lipinski definition) is 0. The SMILES string of the molecule is [CaH2].[KH].[Mn].[NaH]. The molecule has 0 aromatic heterocycles. The predicted molar refractivity (Wildman–Crippen MR) is 22.8 cm³/mol. The predicted octanol–water partition coefficient (Wildman–Crippen LogP) is -2.22. The molecule has 0 aromatic rings. The molecule has 0 bridgehead atoms. The van der Waals surface area contributed by atoms with Crippen molar-refractivity contribution >= 4 is 119 Å². The minimum absolute atomic E-state index is 0. The van der Waals surface area contributed by atoms with Crippen molar-refractivity contribution in [2.75, 3.05) is 0 Å². The molecule has 0 saturated carbocycles. The van der Waals surface area contributed by atoms with E-state index in [0.717, 1.165) is 0 Å². The molecule has 0 rings (SSSR count). The summed E-state index contributed by atoms with van der Waals surface area (Å²) in [4.78, 5) is 0. The Labute approximate surface area is 131 Å². The summed E-state index contributed by atoms with van der Waals surface area (Å²) < 4.78 is 0. The van der Waals surface area contributed by atoms with E-state index in [9.17, 15) is 0 Å². The fraction of sp³-hybridized carbons (Fsp3) is 0. The second-order valence-corrected chi connectivity index (χ2v) is 0. The molecule has 0 N–H and O–H groups in total. The van der Waals surface area contributed by atoms with Gasteiger partial charge in [-0.15, -0.1) is 0 Å². The van der Waals surface area contributed by atoms with E-state index in [0.29, 0.717) is 0 Å². The van der Waals surface area contributed by atoms with E-state index in [4.69, 9.17) is 0 Å². The molecule has 0 spiro atoms. The van der Waals surface area contributed by atoms with Crippen LogP contribution in [-0.2, 0) is 17.1 Å². The van der Waals surface area contributed by atoms with E-state index < -0.39 is 0 Å². The summed E-state index contributed by atoms with van der Waals surface area (Å²) in [5.74, 6) is 0. The fourth-order valence-corrected chi connectivity index (χ4v) is 0. The molecule has 4 heteroatoms. The van der Waals surface area contributed by atoms with Crippen LogP contribution in [0.15, 0.2) is 0 Å². The van der Waals surface area contributed by atoms with Crippen LogP contribution in [-0.4, -0.2) is 119 Å². The Kier molecular flexibility index (Phi) is 92.9. The molecule has 0 aromatic carbocycles. The van der Waals surface area contributed by atoms with Gasteiger partial charge in [0, 0.05) is 17.1 Å². The average molecular weight is 161 g/mol. The zero-order valence-electron chi connectivity index (χ0n) is 0.378. The van der Waals surface area contributed by atoms with Crippen molar-refractivity contribution in [2.45, 2.75) is 0 Å². The van der Waals surface area contributed by atoms with Crippen LogP contribution in [0.25, 0.3) is 0 Å². The maximum atomic E-state index is 0. The molecule has 0 nitrogen and oxygen atoms in total. The first-order chi connectivity index (χ1) is 0. The van der Waals surface area contributed by atoms with Crippen LogP contribution in [0.3, 0.4) is 0 Å². The van der Waals surface area contributed by atoms with Gasteiger partial charge in [-0.3, -0.25) is 0 Å². The molecule has 0 aliphatic carbocycles. The normalized spacial score (nSPS) is 0. The molecule has 0 fully saturated rings. The van der Waals surface area contributed by atoms with Crippen LogP contribution in [0.1, 0.15) is 0 Å². The Morgan fingerprint density at radius 1 is 1.00 bits per heavy atom. The second kappa shape index (κ2) is 15.7. The molecular formula is H4CaKMnNa. The van der Waals surface area contributed by atoms with Gasteiger partial charge in [-0.25, -0.2) is 0 Å². The van der Waals surface area contributed by atoms with Gasteiger partial charge < -0.3 is 0 Å². The van der Waals surface area contributed by atoms with E-state index in [1.807, 2.05) is 0 Å². The third-order valence-electron chi connectivity index (χ3n) is 0. The molecule has 4 heavy (non-hydrogen) atoms. The van der Waals surface area contributed by atoms with Gasteiger partial charge in [0.1, 0.15) is 0 Å². The van der Waals surface area contributed by atoms with E-state index in [2.05, 4.69) is 0 Å². The topological polar surface area (TPSA) is 0 Å². The quantitative estimate of drug-likeness (QED) is 0.353. The molecule has 1 radical (unpaired) electrons. The zero-order valence-corrected chi connectivity index (χ0v) is 1.56. The monoisotopic (exact) mass is 161 g/mol. The minimum atomic E-state index is 0. The van der Waals surface area contributed by atoms with E-state index in [-0.39, 0.29) is 136 Å². The molecule has 0 unspecified atom stereocenters. The third-order valence-corrected chi connectivity index (χ3v) is 0. The van der Waals surface area contributed by atoms with Crippen LogP contribution in [0.2, 0.25) is 0 Å². The van der Waals surface area contributed by atoms with Gasteiger partial charge in [-0.1, -0.05) is 0 Å².